The summed E-state index contributed by atoms with van der Waals surface area (Å²) < 4.78 is 5.30. The van der Waals surface area contributed by atoms with E-state index >= 15 is 0 Å². The number of ketones is 1. The number of hydrogen-bond acceptors (Lipinski definition) is 3. The van der Waals surface area contributed by atoms with Gasteiger partial charge in [-0.2, -0.15) is 0 Å². The van der Waals surface area contributed by atoms with Crippen molar-refractivity contribution in [3.05, 3.63) is 54.1 Å². The molecule has 0 aliphatic carbocycles. The van der Waals surface area contributed by atoms with Crippen molar-refractivity contribution in [1.82, 2.24) is 9.97 Å². The highest BCUT2D eigenvalue weighted by Crippen LogP contribution is 2.01. The number of Topliss-reactive ketones (excluding diaryl/α,β-unsaturated/α-hetero) is 1. The Bertz CT molecular complexity index is 437. The summed E-state index contributed by atoms with van der Waals surface area (Å²) >= 11 is 0. The molecule has 0 saturated carbocycles. The minimum Gasteiger partial charge on any atom is -0.368 e. The van der Waals surface area contributed by atoms with Crippen molar-refractivity contribution in [2.75, 3.05) is 6.61 Å². The highest BCUT2D eigenvalue weighted by atomic mass is 16.5. The van der Waals surface area contributed by atoms with Crippen molar-refractivity contribution in [3.8, 4) is 0 Å². The molecule has 0 atom stereocenters. The second-order valence-electron chi connectivity index (χ2n) is 3.34. The van der Waals surface area contributed by atoms with Gasteiger partial charge in [-0.15, -0.1) is 0 Å². The number of carbonyl (C=O) groups is 1. The second-order valence-corrected chi connectivity index (χ2v) is 3.34. The van der Waals surface area contributed by atoms with Crippen LogP contribution in [-0.2, 0) is 11.3 Å². The average Bonchev–Trinajstić information content (AvgIpc) is 2.84. The van der Waals surface area contributed by atoms with Crippen molar-refractivity contribution in [3.63, 3.8) is 0 Å². The molecule has 0 aliphatic rings. The van der Waals surface area contributed by atoms with E-state index in [0.29, 0.717) is 12.4 Å². The minimum absolute atomic E-state index is 0.0441. The Hall–Kier alpha value is -1.94. The predicted molar refractivity (Wildman–Crippen MR) is 59.0 cm³/mol. The van der Waals surface area contributed by atoms with Gasteiger partial charge in [-0.25, -0.2) is 4.98 Å². The predicted octanol–water partition coefficient (Wildman–Crippen LogP) is 1.81. The standard InChI is InChI=1S/C12H12N2O2/c15-11(12-13-6-7-14-12)9-16-8-10-4-2-1-3-5-10/h1-7H,8-9H2,(H,13,14). The van der Waals surface area contributed by atoms with E-state index in [4.69, 9.17) is 4.74 Å². The number of aromatic nitrogens is 2. The molecule has 0 saturated heterocycles. The van der Waals surface area contributed by atoms with Crippen LogP contribution in [0.3, 0.4) is 0 Å². The van der Waals surface area contributed by atoms with Gasteiger partial charge in [0, 0.05) is 12.4 Å². The fourth-order valence-electron chi connectivity index (χ4n) is 1.32. The third kappa shape index (κ3) is 2.77. The van der Waals surface area contributed by atoms with Crippen molar-refractivity contribution in [1.29, 1.82) is 0 Å². The van der Waals surface area contributed by atoms with E-state index in [1.54, 1.807) is 12.4 Å². The zero-order chi connectivity index (χ0) is 11.2. The molecule has 1 N–H and O–H groups in total. The maximum Gasteiger partial charge on any atom is 0.223 e. The van der Waals surface area contributed by atoms with Gasteiger partial charge < -0.3 is 9.72 Å². The van der Waals surface area contributed by atoms with Crippen molar-refractivity contribution >= 4 is 5.78 Å². The molecule has 0 unspecified atom stereocenters. The first-order chi connectivity index (χ1) is 7.86. The topological polar surface area (TPSA) is 55.0 Å². The van der Waals surface area contributed by atoms with Crippen LogP contribution in [0, 0.1) is 0 Å². The lowest BCUT2D eigenvalue weighted by atomic mass is 10.2. The molecule has 4 nitrogen and oxygen atoms in total. The summed E-state index contributed by atoms with van der Waals surface area (Å²) in [6, 6.07) is 9.73. The molecule has 0 spiro atoms. The normalized spacial score (nSPS) is 10.2. The number of carbonyl (C=O) groups excluding carboxylic acids is 1. The third-order valence-corrected chi connectivity index (χ3v) is 2.11. The molecule has 0 bridgehead atoms. The fourth-order valence-corrected chi connectivity index (χ4v) is 1.32. The van der Waals surface area contributed by atoms with E-state index in [1.165, 1.54) is 0 Å². The average molecular weight is 216 g/mol. The van der Waals surface area contributed by atoms with Gasteiger partial charge in [-0.1, -0.05) is 30.3 Å². The van der Waals surface area contributed by atoms with Crippen molar-refractivity contribution in [2.45, 2.75) is 6.61 Å². The fraction of sp³-hybridized carbons (Fsp3) is 0.167. The molecule has 0 amide bonds. The summed E-state index contributed by atoms with van der Waals surface area (Å²) in [4.78, 5) is 18.1. The number of rotatable bonds is 5. The lowest BCUT2D eigenvalue weighted by Crippen LogP contribution is -2.10. The van der Waals surface area contributed by atoms with Crippen LogP contribution in [-0.4, -0.2) is 22.4 Å². The second kappa shape index (κ2) is 5.23. The van der Waals surface area contributed by atoms with E-state index < -0.39 is 0 Å². The molecule has 82 valence electrons. The van der Waals surface area contributed by atoms with E-state index in [0.717, 1.165) is 5.56 Å². The van der Waals surface area contributed by atoms with Gasteiger partial charge in [-0.3, -0.25) is 4.79 Å². The smallest absolute Gasteiger partial charge is 0.223 e. The molecule has 16 heavy (non-hydrogen) atoms. The van der Waals surface area contributed by atoms with Crippen LogP contribution in [0.1, 0.15) is 16.2 Å². The molecular weight excluding hydrogens is 204 g/mol. The highest BCUT2D eigenvalue weighted by Gasteiger charge is 2.07. The van der Waals surface area contributed by atoms with Crippen LogP contribution < -0.4 is 0 Å². The summed E-state index contributed by atoms with van der Waals surface area (Å²) in [6.07, 6.45) is 3.16. The quantitative estimate of drug-likeness (QED) is 0.775. The molecule has 4 heteroatoms. The largest absolute Gasteiger partial charge is 0.368 e. The van der Waals surface area contributed by atoms with Gasteiger partial charge >= 0.3 is 0 Å². The van der Waals surface area contributed by atoms with Gasteiger partial charge in [-0.05, 0) is 5.56 Å². The first kappa shape index (κ1) is 10.6. The third-order valence-electron chi connectivity index (χ3n) is 2.11. The number of nitrogens with zero attached hydrogens (tertiary/aromatic N) is 1. The summed E-state index contributed by atoms with van der Waals surface area (Å²) in [7, 11) is 0. The van der Waals surface area contributed by atoms with Crippen molar-refractivity contribution < 1.29 is 9.53 Å². The van der Waals surface area contributed by atoms with Gasteiger partial charge in [0.2, 0.25) is 5.78 Å². The maximum absolute atomic E-state index is 11.5. The molecule has 2 rings (SSSR count). The van der Waals surface area contributed by atoms with E-state index in [1.807, 2.05) is 30.3 Å². The van der Waals surface area contributed by atoms with E-state index in [-0.39, 0.29) is 12.4 Å². The summed E-state index contributed by atoms with van der Waals surface area (Å²) in [5.74, 6) is 0.203. The Labute approximate surface area is 93.3 Å². The SMILES string of the molecule is O=C(COCc1ccccc1)c1ncc[nH]1. The van der Waals surface area contributed by atoms with Crippen LogP contribution in [0.5, 0.6) is 0 Å². The van der Waals surface area contributed by atoms with Gasteiger partial charge in [0.15, 0.2) is 5.82 Å². The van der Waals surface area contributed by atoms with Crippen LogP contribution in [0.25, 0.3) is 0 Å². The number of nitrogens with one attached hydrogen (secondary N) is 1. The van der Waals surface area contributed by atoms with Crippen LogP contribution >= 0.6 is 0 Å². The monoisotopic (exact) mass is 216 g/mol. The van der Waals surface area contributed by atoms with Crippen LogP contribution in [0.15, 0.2) is 42.7 Å². The number of imidazole rings is 1. The number of aromatic amines is 1. The Morgan fingerprint density at radius 2 is 2.12 bits per heavy atom. The minimum atomic E-state index is -0.138. The Morgan fingerprint density at radius 1 is 1.31 bits per heavy atom. The molecule has 0 aliphatic heterocycles. The highest BCUT2D eigenvalue weighted by molar-refractivity contribution is 5.93. The number of hydrogen-bond donors (Lipinski definition) is 1. The molecule has 1 aromatic carbocycles. The zero-order valence-corrected chi connectivity index (χ0v) is 8.72. The number of benzene rings is 1. The number of ether oxygens (including phenoxy) is 1. The zero-order valence-electron chi connectivity index (χ0n) is 8.72. The molecule has 2 aromatic rings. The first-order valence-corrected chi connectivity index (χ1v) is 5.00. The van der Waals surface area contributed by atoms with E-state index in [2.05, 4.69) is 9.97 Å². The van der Waals surface area contributed by atoms with E-state index in [9.17, 15) is 4.79 Å². The molecule has 1 heterocycles. The molecular formula is C12H12N2O2. The lowest BCUT2D eigenvalue weighted by molar-refractivity contribution is 0.0717. The van der Waals surface area contributed by atoms with Gasteiger partial charge in [0.25, 0.3) is 0 Å². The molecule has 0 fully saturated rings. The summed E-state index contributed by atoms with van der Waals surface area (Å²) in [6.45, 7) is 0.482. The van der Waals surface area contributed by atoms with Crippen LogP contribution in [0.2, 0.25) is 0 Å². The van der Waals surface area contributed by atoms with Gasteiger partial charge in [0.1, 0.15) is 6.61 Å². The maximum atomic E-state index is 11.5. The molecule has 0 radical (unpaired) electrons. The molecule has 1 aromatic heterocycles. The van der Waals surface area contributed by atoms with Crippen LogP contribution in [0.4, 0.5) is 0 Å². The Morgan fingerprint density at radius 3 is 2.81 bits per heavy atom. The summed E-state index contributed by atoms with van der Waals surface area (Å²) in [5.41, 5.74) is 1.05. The Kier molecular flexibility index (Phi) is 3.46. The van der Waals surface area contributed by atoms with Crippen molar-refractivity contribution in [2.24, 2.45) is 0 Å². The lowest BCUT2D eigenvalue weighted by Gasteiger charge is -2.02. The summed E-state index contributed by atoms with van der Waals surface area (Å²) in [5, 5.41) is 0. The van der Waals surface area contributed by atoms with Gasteiger partial charge in [0.05, 0.1) is 6.61 Å². The number of H-pyrrole nitrogens is 1. The first-order valence-electron chi connectivity index (χ1n) is 5.00. The Balaban J connectivity index is 1.79.